The third kappa shape index (κ3) is 5.28. The SMILES string of the molecule is O=C(NC(=Cc1cn(-c2ccccc2)nc1-c1ccccc1)C(=O)N1CCCCC1)c1ccccc1. The first-order valence-corrected chi connectivity index (χ1v) is 12.3. The van der Waals surface area contributed by atoms with Gasteiger partial charge in [-0.25, -0.2) is 4.68 Å². The number of carbonyl (C=O) groups excluding carboxylic acids is 2. The maximum absolute atomic E-state index is 13.6. The number of carbonyl (C=O) groups is 2. The van der Waals surface area contributed by atoms with Gasteiger partial charge in [0.15, 0.2) is 0 Å². The molecule has 36 heavy (non-hydrogen) atoms. The van der Waals surface area contributed by atoms with Crippen molar-refractivity contribution in [3.05, 3.63) is 114 Å². The average molecular weight is 477 g/mol. The van der Waals surface area contributed by atoms with E-state index in [4.69, 9.17) is 5.10 Å². The zero-order chi connectivity index (χ0) is 24.7. The van der Waals surface area contributed by atoms with Crippen LogP contribution in [0.2, 0.25) is 0 Å². The van der Waals surface area contributed by atoms with Gasteiger partial charge in [-0.2, -0.15) is 5.10 Å². The number of para-hydroxylation sites is 1. The highest BCUT2D eigenvalue weighted by molar-refractivity contribution is 6.05. The van der Waals surface area contributed by atoms with Crippen molar-refractivity contribution in [1.29, 1.82) is 0 Å². The van der Waals surface area contributed by atoms with Crippen LogP contribution in [0.4, 0.5) is 0 Å². The van der Waals surface area contributed by atoms with Gasteiger partial charge in [0.2, 0.25) is 0 Å². The number of hydrogen-bond acceptors (Lipinski definition) is 3. The normalized spacial score (nSPS) is 13.9. The maximum atomic E-state index is 13.6. The standard InChI is InChI=1S/C30H28N4O2/c35-29(24-15-7-2-8-16-24)31-27(30(36)33-19-11-4-12-20-33)21-25-22-34(26-17-9-3-10-18-26)32-28(25)23-13-5-1-6-14-23/h1-3,5-10,13-18,21-22H,4,11-12,19-20H2,(H,31,35). The summed E-state index contributed by atoms with van der Waals surface area (Å²) in [5.74, 6) is -0.491. The molecule has 2 heterocycles. The first-order valence-electron chi connectivity index (χ1n) is 12.3. The molecular weight excluding hydrogens is 448 g/mol. The van der Waals surface area contributed by atoms with Crippen molar-refractivity contribution in [1.82, 2.24) is 20.0 Å². The Bertz CT molecular complexity index is 1360. The van der Waals surface area contributed by atoms with Gasteiger partial charge in [0.05, 0.1) is 5.69 Å². The number of nitrogens with zero attached hydrogens (tertiary/aromatic N) is 3. The largest absolute Gasteiger partial charge is 0.337 e. The molecule has 0 spiro atoms. The van der Waals surface area contributed by atoms with Gasteiger partial charge in [-0.05, 0) is 49.6 Å². The monoisotopic (exact) mass is 476 g/mol. The van der Waals surface area contributed by atoms with Crippen molar-refractivity contribution in [3.8, 4) is 16.9 Å². The van der Waals surface area contributed by atoms with Gasteiger partial charge in [-0.3, -0.25) is 9.59 Å². The fraction of sp³-hybridized carbons (Fsp3) is 0.167. The lowest BCUT2D eigenvalue weighted by Gasteiger charge is -2.27. The van der Waals surface area contributed by atoms with Crippen LogP contribution in [0.3, 0.4) is 0 Å². The second kappa shape index (κ2) is 10.9. The molecule has 1 aromatic heterocycles. The molecule has 0 aliphatic carbocycles. The molecule has 0 atom stereocenters. The third-order valence-corrected chi connectivity index (χ3v) is 6.27. The fourth-order valence-corrected chi connectivity index (χ4v) is 4.38. The molecule has 1 fully saturated rings. The summed E-state index contributed by atoms with van der Waals surface area (Å²) in [5, 5.41) is 7.75. The molecule has 2 amide bonds. The number of amides is 2. The van der Waals surface area contributed by atoms with Crippen LogP contribution in [0.15, 0.2) is 103 Å². The molecule has 0 saturated carbocycles. The topological polar surface area (TPSA) is 67.2 Å². The number of nitrogens with one attached hydrogen (secondary N) is 1. The maximum Gasteiger partial charge on any atom is 0.270 e. The van der Waals surface area contributed by atoms with Crippen LogP contribution in [0.25, 0.3) is 23.0 Å². The molecule has 6 heteroatoms. The number of rotatable bonds is 6. The zero-order valence-corrected chi connectivity index (χ0v) is 20.0. The number of benzene rings is 3. The Kier molecular flexibility index (Phi) is 7.03. The Hall–Kier alpha value is -4.45. The first kappa shape index (κ1) is 23.3. The lowest BCUT2D eigenvalue weighted by Crippen LogP contribution is -2.41. The van der Waals surface area contributed by atoms with Gasteiger partial charge in [0, 0.05) is 36.0 Å². The van der Waals surface area contributed by atoms with Gasteiger partial charge in [0.1, 0.15) is 11.4 Å². The third-order valence-electron chi connectivity index (χ3n) is 6.27. The van der Waals surface area contributed by atoms with E-state index in [9.17, 15) is 9.59 Å². The van der Waals surface area contributed by atoms with Crippen molar-refractivity contribution in [3.63, 3.8) is 0 Å². The van der Waals surface area contributed by atoms with E-state index >= 15 is 0 Å². The second-order valence-electron chi connectivity index (χ2n) is 8.81. The van der Waals surface area contributed by atoms with E-state index in [1.54, 1.807) is 22.9 Å². The number of aromatic nitrogens is 2. The lowest BCUT2D eigenvalue weighted by molar-refractivity contribution is -0.128. The van der Waals surface area contributed by atoms with E-state index in [2.05, 4.69) is 5.32 Å². The summed E-state index contributed by atoms with van der Waals surface area (Å²) in [7, 11) is 0. The highest BCUT2D eigenvalue weighted by atomic mass is 16.2. The van der Waals surface area contributed by atoms with Crippen molar-refractivity contribution in [2.45, 2.75) is 19.3 Å². The Morgan fingerprint density at radius 3 is 2.06 bits per heavy atom. The van der Waals surface area contributed by atoms with E-state index in [1.807, 2.05) is 90.0 Å². The summed E-state index contributed by atoms with van der Waals surface area (Å²) in [6, 6.07) is 28.6. The van der Waals surface area contributed by atoms with Crippen molar-refractivity contribution >= 4 is 17.9 Å². The molecule has 180 valence electrons. The number of hydrogen-bond donors (Lipinski definition) is 1. The molecule has 6 nitrogen and oxygen atoms in total. The van der Waals surface area contributed by atoms with Crippen LogP contribution in [-0.2, 0) is 4.79 Å². The van der Waals surface area contributed by atoms with Crippen LogP contribution < -0.4 is 5.32 Å². The van der Waals surface area contributed by atoms with E-state index in [0.29, 0.717) is 18.7 Å². The predicted octanol–water partition coefficient (Wildman–Crippen LogP) is 5.32. The molecule has 4 aromatic rings. The Labute approximate surface area is 210 Å². The summed E-state index contributed by atoms with van der Waals surface area (Å²) in [4.78, 5) is 28.5. The highest BCUT2D eigenvalue weighted by Crippen LogP contribution is 2.26. The van der Waals surface area contributed by atoms with Crippen molar-refractivity contribution in [2.75, 3.05) is 13.1 Å². The molecule has 1 N–H and O–H groups in total. The van der Waals surface area contributed by atoms with Gasteiger partial charge in [0.25, 0.3) is 11.8 Å². The van der Waals surface area contributed by atoms with E-state index in [-0.39, 0.29) is 17.5 Å². The Morgan fingerprint density at radius 2 is 1.39 bits per heavy atom. The predicted molar refractivity (Wildman–Crippen MR) is 141 cm³/mol. The van der Waals surface area contributed by atoms with Gasteiger partial charge in [-0.1, -0.05) is 66.7 Å². The smallest absolute Gasteiger partial charge is 0.270 e. The molecule has 1 aliphatic rings. The van der Waals surface area contributed by atoms with Crippen molar-refractivity contribution in [2.24, 2.45) is 0 Å². The van der Waals surface area contributed by atoms with Gasteiger partial charge >= 0.3 is 0 Å². The zero-order valence-electron chi connectivity index (χ0n) is 20.0. The Morgan fingerprint density at radius 1 is 0.778 bits per heavy atom. The van der Waals surface area contributed by atoms with Crippen LogP contribution in [0.1, 0.15) is 35.2 Å². The minimum absolute atomic E-state index is 0.176. The lowest BCUT2D eigenvalue weighted by atomic mass is 10.1. The average Bonchev–Trinajstić information content (AvgIpc) is 3.38. The van der Waals surface area contributed by atoms with E-state index < -0.39 is 0 Å². The summed E-state index contributed by atoms with van der Waals surface area (Å²) in [6.07, 6.45) is 6.70. The minimum atomic E-state index is -0.316. The second-order valence-corrected chi connectivity index (χ2v) is 8.81. The first-order chi connectivity index (χ1) is 17.7. The van der Waals surface area contributed by atoms with E-state index in [0.717, 1.165) is 41.8 Å². The summed E-state index contributed by atoms with van der Waals surface area (Å²) in [5.41, 5.74) is 4.06. The molecule has 0 bridgehead atoms. The van der Waals surface area contributed by atoms with Crippen LogP contribution in [-0.4, -0.2) is 39.6 Å². The van der Waals surface area contributed by atoms with Crippen LogP contribution in [0, 0.1) is 0 Å². The molecule has 1 saturated heterocycles. The molecule has 1 aliphatic heterocycles. The van der Waals surface area contributed by atoms with E-state index in [1.165, 1.54) is 0 Å². The summed E-state index contributed by atoms with van der Waals surface area (Å²) >= 11 is 0. The van der Waals surface area contributed by atoms with Gasteiger partial charge < -0.3 is 10.2 Å². The summed E-state index contributed by atoms with van der Waals surface area (Å²) < 4.78 is 1.80. The highest BCUT2D eigenvalue weighted by Gasteiger charge is 2.23. The molecule has 5 rings (SSSR count). The molecule has 0 unspecified atom stereocenters. The Balaban J connectivity index is 1.58. The number of likely N-dealkylation sites (tertiary alicyclic amines) is 1. The molecule has 0 radical (unpaired) electrons. The fourth-order valence-electron chi connectivity index (χ4n) is 4.38. The van der Waals surface area contributed by atoms with Crippen LogP contribution in [0.5, 0.6) is 0 Å². The quantitative estimate of drug-likeness (QED) is 0.383. The van der Waals surface area contributed by atoms with Crippen molar-refractivity contribution < 1.29 is 9.59 Å². The summed E-state index contributed by atoms with van der Waals surface area (Å²) in [6.45, 7) is 1.37. The molecular formula is C30H28N4O2. The minimum Gasteiger partial charge on any atom is -0.337 e. The van der Waals surface area contributed by atoms with Gasteiger partial charge in [-0.15, -0.1) is 0 Å². The molecule has 3 aromatic carbocycles. The number of piperidine rings is 1. The van der Waals surface area contributed by atoms with Crippen LogP contribution >= 0.6 is 0 Å².